The molecule has 4 rings (SSSR count). The van der Waals surface area contributed by atoms with Crippen LogP contribution in [0.2, 0.25) is 0 Å². The summed E-state index contributed by atoms with van der Waals surface area (Å²) in [6, 6.07) is 5.34. The van der Waals surface area contributed by atoms with Crippen LogP contribution in [0.3, 0.4) is 0 Å². The molecule has 2 aliphatic heterocycles. The van der Waals surface area contributed by atoms with E-state index >= 15 is 0 Å². The summed E-state index contributed by atoms with van der Waals surface area (Å²) < 4.78 is 11.3. The fourth-order valence-electron chi connectivity index (χ4n) is 3.65. The second-order valence-electron chi connectivity index (χ2n) is 7.17. The Bertz CT molecular complexity index is 883. The number of fused-ring (bicyclic) bond motifs is 1. The van der Waals surface area contributed by atoms with Crippen LogP contribution in [-0.4, -0.2) is 41.5 Å². The summed E-state index contributed by atoms with van der Waals surface area (Å²) in [5.41, 5.74) is 3.02. The highest BCUT2D eigenvalue weighted by Crippen LogP contribution is 2.29. The highest BCUT2D eigenvalue weighted by atomic mass is 16.5. The van der Waals surface area contributed by atoms with Crippen molar-refractivity contribution in [1.29, 1.82) is 0 Å². The maximum absolute atomic E-state index is 13.0. The zero-order valence-electron chi connectivity index (χ0n) is 15.6. The largest absolute Gasteiger partial charge is 0.445 e. The van der Waals surface area contributed by atoms with E-state index in [9.17, 15) is 9.59 Å². The van der Waals surface area contributed by atoms with Crippen molar-refractivity contribution in [3.8, 4) is 0 Å². The van der Waals surface area contributed by atoms with Crippen molar-refractivity contribution in [2.75, 3.05) is 25.1 Å². The van der Waals surface area contributed by atoms with E-state index in [1.165, 1.54) is 6.92 Å². The van der Waals surface area contributed by atoms with Crippen molar-refractivity contribution in [3.63, 3.8) is 0 Å². The maximum atomic E-state index is 13.0. The minimum atomic E-state index is -0.133. The number of ether oxygens (including phenoxy) is 1. The van der Waals surface area contributed by atoms with Gasteiger partial charge >= 0.3 is 0 Å². The summed E-state index contributed by atoms with van der Waals surface area (Å²) in [4.78, 5) is 30.6. The van der Waals surface area contributed by atoms with Crippen LogP contribution in [0, 0.1) is 6.92 Å². The molecule has 1 atom stereocenters. The molecule has 1 fully saturated rings. The standard InChI is InChI=1S/C20H23N3O4/c1-12-9-15(21-13(2)24)3-4-16(12)20(25)23-7-5-18-17(10-23)22-19(27-18)14-6-8-26-11-14/h3-4,9,14H,5-8,10-11H2,1-2H3,(H,21,24). The van der Waals surface area contributed by atoms with Gasteiger partial charge in [0.2, 0.25) is 5.91 Å². The van der Waals surface area contributed by atoms with Gasteiger partial charge in [-0.05, 0) is 37.1 Å². The fourth-order valence-corrected chi connectivity index (χ4v) is 3.65. The van der Waals surface area contributed by atoms with Gasteiger partial charge in [-0.3, -0.25) is 9.59 Å². The number of rotatable bonds is 3. The molecule has 1 aromatic carbocycles. The van der Waals surface area contributed by atoms with Crippen LogP contribution < -0.4 is 5.32 Å². The molecule has 1 unspecified atom stereocenters. The molecular weight excluding hydrogens is 346 g/mol. The Kier molecular flexibility index (Phi) is 4.70. The smallest absolute Gasteiger partial charge is 0.254 e. The summed E-state index contributed by atoms with van der Waals surface area (Å²) >= 11 is 0. The molecule has 0 spiro atoms. The van der Waals surface area contributed by atoms with Crippen LogP contribution in [0.15, 0.2) is 22.6 Å². The quantitative estimate of drug-likeness (QED) is 0.899. The highest BCUT2D eigenvalue weighted by Gasteiger charge is 2.30. The average molecular weight is 369 g/mol. The Labute approximate surface area is 157 Å². The number of carbonyl (C=O) groups excluding carboxylic acids is 2. The first kappa shape index (κ1) is 17.7. The summed E-state index contributed by atoms with van der Waals surface area (Å²) in [6.07, 6.45) is 1.60. The molecule has 7 nitrogen and oxygen atoms in total. The number of anilines is 1. The van der Waals surface area contributed by atoms with Gasteiger partial charge in [0.15, 0.2) is 5.89 Å². The predicted octanol–water partition coefficient (Wildman–Crippen LogP) is 2.64. The van der Waals surface area contributed by atoms with Crippen LogP contribution >= 0.6 is 0 Å². The number of oxazole rings is 1. The van der Waals surface area contributed by atoms with Crippen molar-refractivity contribution < 1.29 is 18.7 Å². The van der Waals surface area contributed by atoms with Crippen molar-refractivity contribution in [2.45, 2.75) is 39.2 Å². The predicted molar refractivity (Wildman–Crippen MR) is 98.6 cm³/mol. The van der Waals surface area contributed by atoms with E-state index in [0.717, 1.165) is 35.9 Å². The molecule has 3 heterocycles. The van der Waals surface area contributed by atoms with Crippen molar-refractivity contribution in [2.24, 2.45) is 0 Å². The van der Waals surface area contributed by atoms with Crippen molar-refractivity contribution >= 4 is 17.5 Å². The molecule has 27 heavy (non-hydrogen) atoms. The first-order valence-electron chi connectivity index (χ1n) is 9.25. The lowest BCUT2D eigenvalue weighted by atomic mass is 10.0. The highest BCUT2D eigenvalue weighted by molar-refractivity contribution is 5.97. The van der Waals surface area contributed by atoms with E-state index in [-0.39, 0.29) is 17.7 Å². The van der Waals surface area contributed by atoms with Crippen LogP contribution in [0.25, 0.3) is 0 Å². The first-order chi connectivity index (χ1) is 13.0. The van der Waals surface area contributed by atoms with Gasteiger partial charge in [-0.2, -0.15) is 0 Å². The zero-order chi connectivity index (χ0) is 19.0. The topological polar surface area (TPSA) is 84.7 Å². The minimum absolute atomic E-state index is 0.0266. The summed E-state index contributed by atoms with van der Waals surface area (Å²) in [5.74, 6) is 1.69. The lowest BCUT2D eigenvalue weighted by molar-refractivity contribution is -0.114. The molecule has 2 aromatic rings. The molecule has 2 amide bonds. The molecule has 0 bridgehead atoms. The Morgan fingerprint density at radius 3 is 2.89 bits per heavy atom. The number of carbonyl (C=O) groups is 2. The number of nitrogens with one attached hydrogen (secondary N) is 1. The molecule has 0 aliphatic carbocycles. The van der Waals surface area contributed by atoms with Gasteiger partial charge in [0, 0.05) is 37.7 Å². The van der Waals surface area contributed by atoms with E-state index in [1.54, 1.807) is 17.0 Å². The fraction of sp³-hybridized carbons (Fsp3) is 0.450. The molecule has 142 valence electrons. The van der Waals surface area contributed by atoms with E-state index in [0.29, 0.717) is 37.4 Å². The second kappa shape index (κ2) is 7.15. The molecule has 7 heteroatoms. The van der Waals surface area contributed by atoms with Gasteiger partial charge in [-0.25, -0.2) is 4.98 Å². The number of aryl methyl sites for hydroxylation is 1. The summed E-state index contributed by atoms with van der Waals surface area (Å²) in [5, 5.41) is 2.74. The Hall–Kier alpha value is -2.67. The van der Waals surface area contributed by atoms with Gasteiger partial charge in [0.25, 0.3) is 5.91 Å². The minimum Gasteiger partial charge on any atom is -0.445 e. The number of nitrogens with zero attached hydrogens (tertiary/aromatic N) is 2. The lowest BCUT2D eigenvalue weighted by Crippen LogP contribution is -2.36. The SMILES string of the molecule is CC(=O)Nc1ccc(C(=O)N2CCc3oc(C4CCOC4)nc3C2)c(C)c1. The van der Waals surface area contributed by atoms with Crippen LogP contribution in [0.1, 0.15) is 52.5 Å². The van der Waals surface area contributed by atoms with E-state index < -0.39 is 0 Å². The van der Waals surface area contributed by atoms with Crippen LogP contribution in [0.4, 0.5) is 5.69 Å². The number of benzene rings is 1. The van der Waals surface area contributed by atoms with Gasteiger partial charge in [0.1, 0.15) is 11.5 Å². The maximum Gasteiger partial charge on any atom is 0.254 e. The average Bonchev–Trinajstić information content (AvgIpc) is 3.29. The summed E-state index contributed by atoms with van der Waals surface area (Å²) in [7, 11) is 0. The third-order valence-corrected chi connectivity index (χ3v) is 5.09. The van der Waals surface area contributed by atoms with E-state index in [1.807, 2.05) is 13.0 Å². The number of hydrogen-bond donors (Lipinski definition) is 1. The van der Waals surface area contributed by atoms with Gasteiger partial charge in [-0.15, -0.1) is 0 Å². The van der Waals surface area contributed by atoms with Gasteiger partial charge < -0.3 is 19.4 Å². The number of aromatic nitrogens is 1. The monoisotopic (exact) mass is 369 g/mol. The van der Waals surface area contributed by atoms with E-state index in [2.05, 4.69) is 10.3 Å². The Balaban J connectivity index is 1.50. The van der Waals surface area contributed by atoms with E-state index in [4.69, 9.17) is 9.15 Å². The molecule has 1 N–H and O–H groups in total. The van der Waals surface area contributed by atoms with Gasteiger partial charge in [-0.1, -0.05) is 0 Å². The van der Waals surface area contributed by atoms with Gasteiger partial charge in [0.05, 0.1) is 19.1 Å². The molecule has 0 radical (unpaired) electrons. The molecular formula is C20H23N3O4. The number of amides is 2. The van der Waals surface area contributed by atoms with Crippen LogP contribution in [0.5, 0.6) is 0 Å². The van der Waals surface area contributed by atoms with Crippen LogP contribution in [-0.2, 0) is 22.5 Å². The van der Waals surface area contributed by atoms with Crippen molar-refractivity contribution in [3.05, 3.63) is 46.7 Å². The molecule has 1 aromatic heterocycles. The third kappa shape index (κ3) is 3.60. The number of hydrogen-bond acceptors (Lipinski definition) is 5. The normalized spacial score (nSPS) is 19.0. The molecule has 1 saturated heterocycles. The molecule has 0 saturated carbocycles. The van der Waals surface area contributed by atoms with Crippen molar-refractivity contribution in [1.82, 2.24) is 9.88 Å². The lowest BCUT2D eigenvalue weighted by Gasteiger charge is -2.26. The first-order valence-corrected chi connectivity index (χ1v) is 9.25. The second-order valence-corrected chi connectivity index (χ2v) is 7.17. The third-order valence-electron chi connectivity index (χ3n) is 5.09. The summed E-state index contributed by atoms with van der Waals surface area (Å²) in [6.45, 7) is 5.80. The Morgan fingerprint density at radius 2 is 2.19 bits per heavy atom. The molecule has 2 aliphatic rings. The Morgan fingerprint density at radius 1 is 1.33 bits per heavy atom. The zero-order valence-corrected chi connectivity index (χ0v) is 15.6.